The van der Waals surface area contributed by atoms with Crippen molar-refractivity contribution in [3.8, 4) is 0 Å². The first-order valence-electron chi connectivity index (χ1n) is 6.69. The zero-order chi connectivity index (χ0) is 14.1. The third-order valence-electron chi connectivity index (χ3n) is 3.40. The Labute approximate surface area is 116 Å². The fraction of sp³-hybridized carbons (Fsp3) is 0.267. The minimum atomic E-state index is -0.0499. The van der Waals surface area contributed by atoms with Crippen LogP contribution in [0.1, 0.15) is 29.8 Å². The number of imidazole rings is 1. The topological polar surface area (TPSA) is 74.4 Å². The number of nitrogens with one attached hydrogen (secondary N) is 2. The molecule has 0 aliphatic heterocycles. The van der Waals surface area contributed by atoms with Crippen LogP contribution in [0.2, 0.25) is 0 Å². The van der Waals surface area contributed by atoms with E-state index in [1.165, 1.54) is 0 Å². The quantitative estimate of drug-likeness (QED) is 0.764. The molecular weight excluding hydrogens is 252 g/mol. The van der Waals surface area contributed by atoms with Gasteiger partial charge in [-0.15, -0.1) is 0 Å². The summed E-state index contributed by atoms with van der Waals surface area (Å²) in [4.78, 5) is 26.9. The number of rotatable bonds is 3. The van der Waals surface area contributed by atoms with Crippen LogP contribution in [0, 0.1) is 6.92 Å². The Bertz CT molecular complexity index is 783. The maximum Gasteiger partial charge on any atom is 0.254 e. The molecule has 0 spiro atoms. The highest BCUT2D eigenvalue weighted by molar-refractivity contribution is 5.74. The van der Waals surface area contributed by atoms with E-state index in [-0.39, 0.29) is 5.56 Å². The third-order valence-corrected chi connectivity index (χ3v) is 3.40. The van der Waals surface area contributed by atoms with Crippen LogP contribution in [0.3, 0.4) is 0 Å². The summed E-state index contributed by atoms with van der Waals surface area (Å²) in [5, 5.41) is 0. The molecule has 102 valence electrons. The predicted octanol–water partition coefficient (Wildman–Crippen LogP) is 2.11. The number of aromatic amines is 2. The Balaban J connectivity index is 1.96. The van der Waals surface area contributed by atoms with E-state index in [2.05, 4.69) is 19.9 Å². The number of para-hydroxylation sites is 2. The summed E-state index contributed by atoms with van der Waals surface area (Å²) >= 11 is 0. The van der Waals surface area contributed by atoms with Gasteiger partial charge in [0.25, 0.3) is 5.56 Å². The average Bonchev–Trinajstić information content (AvgIpc) is 2.80. The van der Waals surface area contributed by atoms with Gasteiger partial charge in [-0.25, -0.2) is 9.97 Å². The molecule has 2 N–H and O–H groups in total. The molecule has 0 saturated heterocycles. The van der Waals surface area contributed by atoms with Crippen molar-refractivity contribution < 1.29 is 0 Å². The van der Waals surface area contributed by atoms with Crippen molar-refractivity contribution in [3.63, 3.8) is 0 Å². The van der Waals surface area contributed by atoms with Crippen LogP contribution in [-0.2, 0) is 12.8 Å². The molecule has 0 fully saturated rings. The van der Waals surface area contributed by atoms with Crippen molar-refractivity contribution >= 4 is 11.0 Å². The Kier molecular flexibility index (Phi) is 3.10. The molecule has 3 rings (SSSR count). The number of hydrogen-bond donors (Lipinski definition) is 2. The van der Waals surface area contributed by atoms with Gasteiger partial charge in [-0.1, -0.05) is 19.1 Å². The molecule has 0 radical (unpaired) electrons. The molecule has 0 saturated carbocycles. The molecule has 2 heterocycles. The summed E-state index contributed by atoms with van der Waals surface area (Å²) in [7, 11) is 0. The first-order valence-corrected chi connectivity index (χ1v) is 6.69. The van der Waals surface area contributed by atoms with E-state index in [1.54, 1.807) is 0 Å². The summed E-state index contributed by atoms with van der Waals surface area (Å²) in [6.45, 7) is 3.83. The lowest BCUT2D eigenvalue weighted by atomic mass is 10.2. The van der Waals surface area contributed by atoms with Crippen LogP contribution in [0.15, 0.2) is 29.1 Å². The molecule has 0 unspecified atom stereocenters. The fourth-order valence-corrected chi connectivity index (χ4v) is 2.42. The Morgan fingerprint density at radius 1 is 1.10 bits per heavy atom. The van der Waals surface area contributed by atoms with Gasteiger partial charge in [-0.05, 0) is 25.5 Å². The van der Waals surface area contributed by atoms with E-state index in [0.717, 1.165) is 28.1 Å². The minimum absolute atomic E-state index is 0.0499. The molecule has 2 aromatic heterocycles. The molecule has 0 bridgehead atoms. The molecule has 20 heavy (non-hydrogen) atoms. The van der Waals surface area contributed by atoms with E-state index >= 15 is 0 Å². The number of aryl methyl sites for hydroxylation is 1. The number of nitrogens with zero attached hydrogens (tertiary/aromatic N) is 2. The molecule has 0 aliphatic rings. The SMILES string of the molecule is CCc1c(C)nc(Cc2nc3ccccc3[nH]2)[nH]c1=O. The first-order chi connectivity index (χ1) is 9.67. The second kappa shape index (κ2) is 4.92. The first kappa shape index (κ1) is 12.6. The van der Waals surface area contributed by atoms with Gasteiger partial charge in [0, 0.05) is 11.3 Å². The van der Waals surface area contributed by atoms with Crippen LogP contribution < -0.4 is 5.56 Å². The van der Waals surface area contributed by atoms with E-state index in [1.807, 2.05) is 38.1 Å². The molecule has 0 aliphatic carbocycles. The lowest BCUT2D eigenvalue weighted by Gasteiger charge is -2.04. The number of aromatic nitrogens is 4. The number of fused-ring (bicyclic) bond motifs is 1. The monoisotopic (exact) mass is 268 g/mol. The predicted molar refractivity (Wildman–Crippen MR) is 77.9 cm³/mol. The van der Waals surface area contributed by atoms with Crippen LogP contribution in [0.25, 0.3) is 11.0 Å². The van der Waals surface area contributed by atoms with Gasteiger partial charge in [0.15, 0.2) is 0 Å². The molecular formula is C15H16N4O. The highest BCUT2D eigenvalue weighted by Crippen LogP contribution is 2.12. The molecule has 0 amide bonds. The number of hydrogen-bond acceptors (Lipinski definition) is 3. The van der Waals surface area contributed by atoms with E-state index in [9.17, 15) is 4.79 Å². The van der Waals surface area contributed by atoms with Crippen molar-refractivity contribution in [2.75, 3.05) is 0 Å². The van der Waals surface area contributed by atoms with Gasteiger partial charge in [0.05, 0.1) is 17.5 Å². The second-order valence-electron chi connectivity index (χ2n) is 4.81. The standard InChI is InChI=1S/C15H16N4O/c1-3-10-9(2)16-13(19-15(10)20)8-14-17-11-6-4-5-7-12(11)18-14/h4-7H,3,8H2,1-2H3,(H,17,18)(H,16,19,20). The number of H-pyrrole nitrogens is 2. The lowest BCUT2D eigenvalue weighted by Crippen LogP contribution is -2.18. The number of benzene rings is 1. The Hall–Kier alpha value is -2.43. The Morgan fingerprint density at radius 2 is 1.85 bits per heavy atom. The van der Waals surface area contributed by atoms with Gasteiger partial charge in [0.2, 0.25) is 0 Å². The normalized spacial score (nSPS) is 11.1. The molecule has 5 nitrogen and oxygen atoms in total. The van der Waals surface area contributed by atoms with Gasteiger partial charge < -0.3 is 9.97 Å². The summed E-state index contributed by atoms with van der Waals surface area (Å²) in [5.74, 6) is 1.45. The van der Waals surface area contributed by atoms with Gasteiger partial charge in [-0.2, -0.15) is 0 Å². The molecule has 3 aromatic rings. The van der Waals surface area contributed by atoms with Crippen LogP contribution in [-0.4, -0.2) is 19.9 Å². The summed E-state index contributed by atoms with van der Waals surface area (Å²) < 4.78 is 0. The van der Waals surface area contributed by atoms with E-state index in [0.29, 0.717) is 18.7 Å². The lowest BCUT2D eigenvalue weighted by molar-refractivity contribution is 0.856. The maximum atomic E-state index is 11.9. The maximum absolute atomic E-state index is 11.9. The van der Waals surface area contributed by atoms with Crippen LogP contribution in [0.5, 0.6) is 0 Å². The average molecular weight is 268 g/mol. The second-order valence-corrected chi connectivity index (χ2v) is 4.81. The minimum Gasteiger partial charge on any atom is -0.342 e. The highest BCUT2D eigenvalue weighted by atomic mass is 16.1. The highest BCUT2D eigenvalue weighted by Gasteiger charge is 2.09. The zero-order valence-corrected chi connectivity index (χ0v) is 11.5. The zero-order valence-electron chi connectivity index (χ0n) is 11.5. The molecule has 1 aromatic carbocycles. The van der Waals surface area contributed by atoms with Crippen LogP contribution in [0.4, 0.5) is 0 Å². The third kappa shape index (κ3) is 2.22. The molecule has 5 heteroatoms. The smallest absolute Gasteiger partial charge is 0.254 e. The van der Waals surface area contributed by atoms with Gasteiger partial charge >= 0.3 is 0 Å². The van der Waals surface area contributed by atoms with Crippen molar-refractivity contribution in [3.05, 3.63) is 57.5 Å². The molecule has 0 atom stereocenters. The van der Waals surface area contributed by atoms with E-state index < -0.39 is 0 Å². The fourth-order valence-electron chi connectivity index (χ4n) is 2.42. The largest absolute Gasteiger partial charge is 0.342 e. The van der Waals surface area contributed by atoms with Crippen LogP contribution >= 0.6 is 0 Å². The van der Waals surface area contributed by atoms with Crippen molar-refractivity contribution in [1.82, 2.24) is 19.9 Å². The van der Waals surface area contributed by atoms with Crippen molar-refractivity contribution in [2.24, 2.45) is 0 Å². The Morgan fingerprint density at radius 3 is 2.55 bits per heavy atom. The summed E-state index contributed by atoms with van der Waals surface area (Å²) in [6.07, 6.45) is 1.19. The summed E-state index contributed by atoms with van der Waals surface area (Å²) in [6, 6.07) is 7.85. The van der Waals surface area contributed by atoms with E-state index in [4.69, 9.17) is 0 Å². The summed E-state index contributed by atoms with van der Waals surface area (Å²) in [5.41, 5.74) is 3.41. The van der Waals surface area contributed by atoms with Crippen molar-refractivity contribution in [2.45, 2.75) is 26.7 Å². The van der Waals surface area contributed by atoms with Gasteiger partial charge in [0.1, 0.15) is 11.6 Å². The van der Waals surface area contributed by atoms with Crippen molar-refractivity contribution in [1.29, 1.82) is 0 Å². The van der Waals surface area contributed by atoms with Gasteiger partial charge in [-0.3, -0.25) is 4.79 Å².